The molecule has 2 heterocycles. The third-order valence-electron chi connectivity index (χ3n) is 9.69. The topological polar surface area (TPSA) is 42.0 Å². The number of carbonyl (C=O) groups is 1. The normalized spacial score (nSPS) is 42.0. The molecule has 1 aliphatic heterocycles. The summed E-state index contributed by atoms with van der Waals surface area (Å²) in [6, 6.07) is 4.32. The highest BCUT2D eigenvalue weighted by molar-refractivity contribution is 5.89. The van der Waals surface area contributed by atoms with Crippen molar-refractivity contribution < 1.29 is 4.79 Å². The Bertz CT molecular complexity index is 927. The van der Waals surface area contributed by atoms with E-state index in [1.165, 1.54) is 49.7 Å². The Morgan fingerprint density at radius 3 is 2.72 bits per heavy atom. The summed E-state index contributed by atoms with van der Waals surface area (Å²) in [6.07, 6.45) is 17.3. The van der Waals surface area contributed by atoms with E-state index < -0.39 is 0 Å². The number of nitrogens with one attached hydrogen (secondary N) is 1. The van der Waals surface area contributed by atoms with Gasteiger partial charge in [0.05, 0.1) is 0 Å². The van der Waals surface area contributed by atoms with Crippen molar-refractivity contribution in [2.24, 2.45) is 34.0 Å². The van der Waals surface area contributed by atoms with Crippen LogP contribution in [0.15, 0.2) is 42.3 Å². The van der Waals surface area contributed by atoms with Crippen LogP contribution in [-0.4, -0.2) is 17.4 Å². The Kier molecular flexibility index (Phi) is 3.60. The summed E-state index contributed by atoms with van der Waals surface area (Å²) in [7, 11) is 0. The predicted octanol–water partition coefficient (Wildman–Crippen LogP) is 5.15. The number of nitrogens with zero attached hydrogens (tertiary/aromatic N) is 1. The maximum absolute atomic E-state index is 12.4. The number of rotatable bonds is 1. The Morgan fingerprint density at radius 2 is 1.97 bits per heavy atom. The number of pyridine rings is 1. The van der Waals surface area contributed by atoms with E-state index in [2.05, 4.69) is 48.6 Å². The molecule has 1 N–H and O–H groups in total. The highest BCUT2D eigenvalue weighted by Crippen LogP contribution is 2.74. The second kappa shape index (κ2) is 5.83. The summed E-state index contributed by atoms with van der Waals surface area (Å²) in [5.74, 6) is 2.37. The molecular weight excluding hydrogens is 356 g/mol. The maximum atomic E-state index is 12.4. The minimum Gasteiger partial charge on any atom is -0.353 e. The van der Waals surface area contributed by atoms with Gasteiger partial charge in [0, 0.05) is 25.0 Å². The van der Waals surface area contributed by atoms with Crippen LogP contribution < -0.4 is 5.32 Å². The molecule has 4 aliphatic carbocycles. The molecule has 152 valence electrons. The highest BCUT2D eigenvalue weighted by Gasteiger charge is 2.65. The maximum Gasteiger partial charge on any atom is 0.243 e. The molecule has 0 unspecified atom stereocenters. The van der Waals surface area contributed by atoms with Gasteiger partial charge in [-0.2, -0.15) is 0 Å². The zero-order chi connectivity index (χ0) is 19.9. The first kappa shape index (κ1) is 17.9. The van der Waals surface area contributed by atoms with Gasteiger partial charge in [-0.1, -0.05) is 31.6 Å². The third-order valence-corrected chi connectivity index (χ3v) is 9.69. The van der Waals surface area contributed by atoms with Crippen molar-refractivity contribution >= 4 is 11.5 Å². The van der Waals surface area contributed by atoms with Crippen LogP contribution in [0.5, 0.6) is 0 Å². The molecule has 29 heavy (non-hydrogen) atoms. The summed E-state index contributed by atoms with van der Waals surface area (Å²) < 4.78 is 0. The van der Waals surface area contributed by atoms with E-state index in [4.69, 9.17) is 0 Å². The zero-order valence-corrected chi connectivity index (χ0v) is 17.7. The lowest BCUT2D eigenvalue weighted by Gasteiger charge is -2.59. The molecule has 1 aromatic heterocycles. The molecule has 5 aliphatic rings. The Morgan fingerprint density at radius 1 is 1.10 bits per heavy atom. The molecule has 6 rings (SSSR count). The molecule has 3 saturated carbocycles. The van der Waals surface area contributed by atoms with Crippen LogP contribution in [0.4, 0.5) is 0 Å². The van der Waals surface area contributed by atoms with Crippen LogP contribution in [-0.2, 0) is 4.79 Å². The SMILES string of the molecule is C[C@]12CCNC(=O)C=C1C1(CC1)C[C@@H]1[C@@H]2CC[C@]2(C)C(c3cccnc3)=CC[C@@H]12. The van der Waals surface area contributed by atoms with Gasteiger partial charge < -0.3 is 5.32 Å². The largest absolute Gasteiger partial charge is 0.353 e. The van der Waals surface area contributed by atoms with Gasteiger partial charge in [-0.25, -0.2) is 0 Å². The van der Waals surface area contributed by atoms with Crippen LogP contribution >= 0.6 is 0 Å². The first-order chi connectivity index (χ1) is 14.0. The van der Waals surface area contributed by atoms with Gasteiger partial charge >= 0.3 is 0 Å². The summed E-state index contributed by atoms with van der Waals surface area (Å²) in [6.45, 7) is 5.87. The molecule has 0 saturated heterocycles. The number of allylic oxidation sites excluding steroid dienone is 3. The molecule has 3 heteroatoms. The van der Waals surface area contributed by atoms with Crippen LogP contribution in [0.2, 0.25) is 0 Å². The first-order valence-corrected chi connectivity index (χ1v) is 11.6. The fourth-order valence-electron chi connectivity index (χ4n) is 8.16. The molecule has 1 aromatic rings. The second-order valence-electron chi connectivity index (χ2n) is 10.9. The summed E-state index contributed by atoms with van der Waals surface area (Å²) in [5.41, 5.74) is 5.18. The standard InChI is InChI=1S/C26H32N2O/c1-24-8-7-21-18(20(24)6-5-19(24)17-4-3-12-27-16-17)15-26(9-10-26)22-14-23(29)28-13-11-25(21,22)2/h3-5,12,14,16,18,20-21H,6-11,13,15H2,1-2H3,(H,28,29)/t18-,20-,21-,24+,25+/m0/s1. The van der Waals surface area contributed by atoms with Crippen LogP contribution in [0.1, 0.15) is 64.4 Å². The summed E-state index contributed by atoms with van der Waals surface area (Å²) >= 11 is 0. The van der Waals surface area contributed by atoms with Crippen LogP contribution in [0.3, 0.4) is 0 Å². The molecule has 0 aromatic carbocycles. The van der Waals surface area contributed by atoms with E-state index in [0.717, 1.165) is 24.8 Å². The number of carbonyl (C=O) groups excluding carboxylic acids is 1. The van der Waals surface area contributed by atoms with Gasteiger partial charge in [0.25, 0.3) is 0 Å². The van der Waals surface area contributed by atoms with Gasteiger partial charge in [-0.05, 0) is 96.1 Å². The minimum absolute atomic E-state index is 0.149. The zero-order valence-electron chi connectivity index (χ0n) is 17.7. The Balaban J connectivity index is 1.40. The van der Waals surface area contributed by atoms with Crippen molar-refractivity contribution in [1.29, 1.82) is 0 Å². The van der Waals surface area contributed by atoms with E-state index in [-0.39, 0.29) is 16.7 Å². The van der Waals surface area contributed by atoms with E-state index in [1.54, 1.807) is 5.57 Å². The Labute approximate surface area is 174 Å². The summed E-state index contributed by atoms with van der Waals surface area (Å²) in [5, 5.41) is 3.14. The predicted molar refractivity (Wildman–Crippen MR) is 115 cm³/mol. The van der Waals surface area contributed by atoms with E-state index in [9.17, 15) is 4.79 Å². The van der Waals surface area contributed by atoms with Gasteiger partial charge in [0.1, 0.15) is 0 Å². The van der Waals surface area contributed by atoms with Gasteiger partial charge in [-0.15, -0.1) is 0 Å². The third kappa shape index (κ3) is 2.36. The van der Waals surface area contributed by atoms with Crippen molar-refractivity contribution in [2.45, 2.75) is 58.8 Å². The Hall–Kier alpha value is -1.90. The smallest absolute Gasteiger partial charge is 0.243 e. The lowest BCUT2D eigenvalue weighted by molar-refractivity contribution is -0.116. The highest BCUT2D eigenvalue weighted by atomic mass is 16.1. The number of fused-ring (bicyclic) bond motifs is 6. The molecular formula is C26H32N2O. The van der Waals surface area contributed by atoms with Crippen molar-refractivity contribution in [3.05, 3.63) is 47.8 Å². The molecule has 1 amide bonds. The van der Waals surface area contributed by atoms with E-state index >= 15 is 0 Å². The molecule has 1 spiro atoms. The van der Waals surface area contributed by atoms with Crippen LogP contribution in [0.25, 0.3) is 5.57 Å². The molecule has 0 bridgehead atoms. The van der Waals surface area contributed by atoms with Crippen molar-refractivity contribution in [1.82, 2.24) is 10.3 Å². The van der Waals surface area contributed by atoms with Gasteiger partial charge in [-0.3, -0.25) is 9.78 Å². The van der Waals surface area contributed by atoms with Gasteiger partial charge in [0.2, 0.25) is 5.91 Å². The number of aromatic nitrogens is 1. The number of hydrogen-bond donors (Lipinski definition) is 1. The average Bonchev–Trinajstić information content (AvgIpc) is 3.41. The molecule has 5 atom stereocenters. The van der Waals surface area contributed by atoms with Crippen molar-refractivity contribution in [3.8, 4) is 0 Å². The second-order valence-corrected chi connectivity index (χ2v) is 10.9. The monoisotopic (exact) mass is 388 g/mol. The fourth-order valence-corrected chi connectivity index (χ4v) is 8.16. The van der Waals surface area contributed by atoms with Crippen molar-refractivity contribution in [2.75, 3.05) is 6.54 Å². The quantitative estimate of drug-likeness (QED) is 0.722. The summed E-state index contributed by atoms with van der Waals surface area (Å²) in [4.78, 5) is 16.8. The molecule has 3 nitrogen and oxygen atoms in total. The van der Waals surface area contributed by atoms with E-state index in [1.807, 2.05) is 12.3 Å². The molecule has 3 fully saturated rings. The van der Waals surface area contributed by atoms with Crippen LogP contribution in [0, 0.1) is 34.0 Å². The van der Waals surface area contributed by atoms with E-state index in [0.29, 0.717) is 11.3 Å². The first-order valence-electron chi connectivity index (χ1n) is 11.6. The van der Waals surface area contributed by atoms with Crippen molar-refractivity contribution in [3.63, 3.8) is 0 Å². The molecule has 0 radical (unpaired) electrons. The minimum atomic E-state index is 0.149. The lowest BCUT2D eigenvalue weighted by atomic mass is 9.45. The lowest BCUT2D eigenvalue weighted by Crippen LogP contribution is -2.51. The number of hydrogen-bond acceptors (Lipinski definition) is 2. The average molecular weight is 389 g/mol. The van der Waals surface area contributed by atoms with Gasteiger partial charge in [0.15, 0.2) is 0 Å². The fraction of sp³-hybridized carbons (Fsp3) is 0.615. The number of amides is 1.